The van der Waals surface area contributed by atoms with Crippen molar-refractivity contribution in [3.05, 3.63) is 61.5 Å². The number of H-pyrrole nitrogens is 1. The lowest BCUT2D eigenvalue weighted by Gasteiger charge is -2.08. The van der Waals surface area contributed by atoms with Gasteiger partial charge in [-0.3, -0.25) is 4.79 Å². The van der Waals surface area contributed by atoms with Crippen molar-refractivity contribution in [2.75, 3.05) is 6.61 Å². The third kappa shape index (κ3) is 3.23. The first kappa shape index (κ1) is 15.6. The molecule has 2 aromatic heterocycles. The number of fused-ring (bicyclic) bond motifs is 1. The number of hydrogen-bond acceptors (Lipinski definition) is 5. The lowest BCUT2D eigenvalue weighted by Crippen LogP contribution is -2.20. The number of benzene rings is 1. The first-order chi connectivity index (χ1) is 11.1. The summed E-state index contributed by atoms with van der Waals surface area (Å²) in [5.41, 5.74) is -0.750. The van der Waals surface area contributed by atoms with Crippen LogP contribution in [0.15, 0.2) is 40.5 Å². The van der Waals surface area contributed by atoms with Gasteiger partial charge in [0.1, 0.15) is 5.75 Å². The van der Waals surface area contributed by atoms with Crippen LogP contribution in [-0.4, -0.2) is 22.7 Å². The van der Waals surface area contributed by atoms with E-state index in [9.17, 15) is 14.7 Å². The zero-order valence-corrected chi connectivity index (χ0v) is 13.4. The molecule has 0 amide bonds. The van der Waals surface area contributed by atoms with E-state index >= 15 is 0 Å². The van der Waals surface area contributed by atoms with Gasteiger partial charge in [-0.15, -0.1) is 11.3 Å². The second-order valence-corrected chi connectivity index (χ2v) is 6.30. The lowest BCUT2D eigenvalue weighted by atomic mass is 10.1. The molecule has 0 saturated carbocycles. The van der Waals surface area contributed by atoms with E-state index in [1.54, 1.807) is 17.4 Å². The maximum Gasteiger partial charge on any atom is 0.347 e. The van der Waals surface area contributed by atoms with E-state index in [0.717, 1.165) is 4.88 Å². The number of aromatic amines is 1. The van der Waals surface area contributed by atoms with Gasteiger partial charge in [-0.25, -0.2) is 4.79 Å². The second-order valence-electron chi connectivity index (χ2n) is 4.83. The Morgan fingerprint density at radius 1 is 1.35 bits per heavy atom. The van der Waals surface area contributed by atoms with Crippen LogP contribution in [-0.2, 0) is 11.2 Å². The Kier molecular flexibility index (Phi) is 4.36. The van der Waals surface area contributed by atoms with Crippen LogP contribution >= 0.6 is 22.9 Å². The number of carbonyl (C=O) groups is 1. The topological polar surface area (TPSA) is 79.4 Å². The molecule has 118 valence electrons. The molecular weight excluding hydrogens is 338 g/mol. The van der Waals surface area contributed by atoms with E-state index in [1.165, 1.54) is 12.1 Å². The predicted molar refractivity (Wildman–Crippen MR) is 89.5 cm³/mol. The molecule has 5 nitrogen and oxygen atoms in total. The summed E-state index contributed by atoms with van der Waals surface area (Å²) >= 11 is 7.41. The molecule has 23 heavy (non-hydrogen) atoms. The van der Waals surface area contributed by atoms with Gasteiger partial charge in [-0.2, -0.15) is 0 Å². The van der Waals surface area contributed by atoms with Crippen LogP contribution in [0.2, 0.25) is 5.02 Å². The first-order valence-corrected chi connectivity index (χ1v) is 8.06. The second kappa shape index (κ2) is 6.44. The van der Waals surface area contributed by atoms with Crippen LogP contribution in [0.4, 0.5) is 0 Å². The number of aromatic hydroxyl groups is 1. The van der Waals surface area contributed by atoms with E-state index in [4.69, 9.17) is 16.3 Å². The quantitative estimate of drug-likeness (QED) is 0.708. The molecule has 0 atom stereocenters. The van der Waals surface area contributed by atoms with Gasteiger partial charge in [0.05, 0.1) is 12.1 Å². The van der Waals surface area contributed by atoms with Gasteiger partial charge in [0.25, 0.3) is 5.56 Å². The number of rotatable bonds is 4. The summed E-state index contributed by atoms with van der Waals surface area (Å²) in [5.74, 6) is -1.25. The van der Waals surface area contributed by atoms with Crippen LogP contribution in [0.25, 0.3) is 10.9 Å². The summed E-state index contributed by atoms with van der Waals surface area (Å²) in [6, 6.07) is 8.44. The number of pyridine rings is 1. The van der Waals surface area contributed by atoms with Crippen molar-refractivity contribution < 1.29 is 14.6 Å². The van der Waals surface area contributed by atoms with E-state index < -0.39 is 22.8 Å². The molecule has 0 aliphatic carbocycles. The van der Waals surface area contributed by atoms with Crippen molar-refractivity contribution in [1.29, 1.82) is 0 Å². The minimum Gasteiger partial charge on any atom is -0.506 e. The standard InChI is InChI=1S/C16H12ClNO4S/c17-9-3-4-11-12(8-9)18-15(20)13(14(11)19)16(21)22-6-5-10-2-1-7-23-10/h1-4,7-8H,5-6H2,(H2,18,19,20). The highest BCUT2D eigenvalue weighted by atomic mass is 35.5. The summed E-state index contributed by atoms with van der Waals surface area (Å²) in [5, 5.41) is 12.9. The zero-order valence-electron chi connectivity index (χ0n) is 11.8. The monoisotopic (exact) mass is 349 g/mol. The van der Waals surface area contributed by atoms with Crippen molar-refractivity contribution in [3.63, 3.8) is 0 Å². The van der Waals surface area contributed by atoms with Crippen LogP contribution in [0, 0.1) is 0 Å². The molecule has 2 heterocycles. The molecule has 0 unspecified atom stereocenters. The molecule has 0 aliphatic rings. The highest BCUT2D eigenvalue weighted by Gasteiger charge is 2.20. The Bertz CT molecular complexity index is 918. The number of aromatic nitrogens is 1. The Labute approximate surface area is 140 Å². The van der Waals surface area contributed by atoms with Gasteiger partial charge in [-0.05, 0) is 29.6 Å². The Hall–Kier alpha value is -2.31. The smallest absolute Gasteiger partial charge is 0.347 e. The van der Waals surface area contributed by atoms with E-state index in [0.29, 0.717) is 22.3 Å². The molecule has 3 aromatic rings. The third-order valence-electron chi connectivity index (χ3n) is 3.31. The van der Waals surface area contributed by atoms with Gasteiger partial charge in [0, 0.05) is 21.7 Å². The number of carbonyl (C=O) groups excluding carboxylic acids is 1. The van der Waals surface area contributed by atoms with Crippen molar-refractivity contribution in [1.82, 2.24) is 4.98 Å². The van der Waals surface area contributed by atoms with Crippen LogP contribution < -0.4 is 5.56 Å². The molecule has 0 radical (unpaired) electrons. The summed E-state index contributed by atoms with van der Waals surface area (Å²) in [6.45, 7) is 0.136. The van der Waals surface area contributed by atoms with Crippen LogP contribution in [0.3, 0.4) is 0 Å². The predicted octanol–water partition coefficient (Wildman–Crippen LogP) is 3.35. The fraction of sp³-hybridized carbons (Fsp3) is 0.125. The third-order valence-corrected chi connectivity index (χ3v) is 4.49. The van der Waals surface area contributed by atoms with E-state index in [2.05, 4.69) is 4.98 Å². The molecule has 7 heteroatoms. The molecule has 0 bridgehead atoms. The number of esters is 1. The minimum atomic E-state index is -0.850. The fourth-order valence-electron chi connectivity index (χ4n) is 2.21. The summed E-state index contributed by atoms with van der Waals surface area (Å²) in [4.78, 5) is 27.7. The lowest BCUT2D eigenvalue weighted by molar-refractivity contribution is 0.0505. The fourth-order valence-corrected chi connectivity index (χ4v) is 3.08. The Balaban J connectivity index is 1.85. The molecular formula is C16H12ClNO4S. The molecule has 0 saturated heterocycles. The number of ether oxygens (including phenoxy) is 1. The van der Waals surface area contributed by atoms with Gasteiger partial charge in [-0.1, -0.05) is 17.7 Å². The van der Waals surface area contributed by atoms with Gasteiger partial charge < -0.3 is 14.8 Å². The molecule has 3 rings (SSSR count). The maximum absolute atomic E-state index is 12.1. The number of hydrogen-bond donors (Lipinski definition) is 2. The Morgan fingerprint density at radius 3 is 2.91 bits per heavy atom. The molecule has 0 fully saturated rings. The van der Waals surface area contributed by atoms with E-state index in [1.807, 2.05) is 17.5 Å². The van der Waals surface area contributed by atoms with Crippen LogP contribution in [0.5, 0.6) is 5.75 Å². The highest BCUT2D eigenvalue weighted by Crippen LogP contribution is 2.27. The van der Waals surface area contributed by atoms with E-state index in [-0.39, 0.29) is 6.61 Å². The van der Waals surface area contributed by atoms with Gasteiger partial charge in [0.2, 0.25) is 0 Å². The highest BCUT2D eigenvalue weighted by molar-refractivity contribution is 7.09. The first-order valence-electron chi connectivity index (χ1n) is 6.80. The summed E-state index contributed by atoms with van der Waals surface area (Å²) in [6.07, 6.45) is 0.561. The van der Waals surface area contributed by atoms with Crippen molar-refractivity contribution in [2.24, 2.45) is 0 Å². The SMILES string of the molecule is O=C(OCCc1cccs1)c1c(O)c2ccc(Cl)cc2[nH]c1=O. The number of thiophene rings is 1. The molecule has 0 spiro atoms. The number of halogens is 1. The Morgan fingerprint density at radius 2 is 2.17 bits per heavy atom. The van der Waals surface area contributed by atoms with Crippen molar-refractivity contribution >= 4 is 39.8 Å². The molecule has 2 N–H and O–H groups in total. The van der Waals surface area contributed by atoms with Gasteiger partial charge >= 0.3 is 5.97 Å². The van der Waals surface area contributed by atoms with Crippen LogP contribution in [0.1, 0.15) is 15.2 Å². The average molecular weight is 350 g/mol. The minimum absolute atomic E-state index is 0.136. The van der Waals surface area contributed by atoms with Crippen molar-refractivity contribution in [2.45, 2.75) is 6.42 Å². The summed E-state index contributed by atoms with van der Waals surface area (Å²) in [7, 11) is 0. The zero-order chi connectivity index (χ0) is 16.4. The summed E-state index contributed by atoms with van der Waals surface area (Å²) < 4.78 is 5.10. The largest absolute Gasteiger partial charge is 0.506 e. The molecule has 0 aliphatic heterocycles. The average Bonchev–Trinajstić information content (AvgIpc) is 3.00. The molecule has 1 aromatic carbocycles. The number of nitrogens with one attached hydrogen (secondary N) is 1. The van der Waals surface area contributed by atoms with Gasteiger partial charge in [0.15, 0.2) is 5.56 Å². The van der Waals surface area contributed by atoms with Crippen molar-refractivity contribution in [3.8, 4) is 5.75 Å². The normalized spacial score (nSPS) is 10.8. The maximum atomic E-state index is 12.1.